The molecule has 1 rings (SSSR count). The first-order valence-corrected chi connectivity index (χ1v) is 6.55. The molecule has 1 fully saturated rings. The fraction of sp³-hybridized carbons (Fsp3) is 0.786. The molecule has 1 aliphatic heterocycles. The Bertz CT molecular complexity index is 337. The van der Waals surface area contributed by atoms with Gasteiger partial charge >= 0.3 is 0 Å². The van der Waals surface area contributed by atoms with E-state index in [2.05, 4.69) is 12.6 Å². The van der Waals surface area contributed by atoms with Crippen LogP contribution in [0.1, 0.15) is 34.1 Å². The van der Waals surface area contributed by atoms with E-state index in [0.29, 0.717) is 6.61 Å². The molecule has 0 radical (unpaired) electrons. The van der Waals surface area contributed by atoms with Crippen LogP contribution in [-0.4, -0.2) is 37.0 Å². The summed E-state index contributed by atoms with van der Waals surface area (Å²) in [6, 6.07) is 2.11. The van der Waals surface area contributed by atoms with Crippen molar-refractivity contribution in [2.75, 3.05) is 6.61 Å². The van der Waals surface area contributed by atoms with Gasteiger partial charge in [0.05, 0.1) is 12.5 Å². The second kappa shape index (κ2) is 7.01. The molecular weight excluding hydrogens is 246 g/mol. The topological polar surface area (TPSA) is 60.7 Å². The van der Waals surface area contributed by atoms with Crippen LogP contribution in [-0.2, 0) is 18.9 Å². The van der Waals surface area contributed by atoms with Gasteiger partial charge in [0.2, 0.25) is 0 Å². The fourth-order valence-corrected chi connectivity index (χ4v) is 2.14. The lowest BCUT2D eigenvalue weighted by atomic mass is 10.1. The predicted molar refractivity (Wildman–Crippen MR) is 70.2 cm³/mol. The first-order chi connectivity index (χ1) is 8.93. The van der Waals surface area contributed by atoms with Crippen LogP contribution in [0.25, 0.3) is 0 Å². The highest BCUT2D eigenvalue weighted by Gasteiger charge is 2.44. The van der Waals surface area contributed by atoms with Crippen molar-refractivity contribution in [1.82, 2.24) is 0 Å². The van der Waals surface area contributed by atoms with Crippen molar-refractivity contribution in [3.8, 4) is 6.07 Å². The lowest BCUT2D eigenvalue weighted by Gasteiger charge is -2.26. The van der Waals surface area contributed by atoms with Gasteiger partial charge in [-0.3, -0.25) is 0 Å². The zero-order chi connectivity index (χ0) is 14.5. The van der Waals surface area contributed by atoms with Crippen molar-refractivity contribution in [1.29, 1.82) is 5.26 Å². The van der Waals surface area contributed by atoms with Crippen molar-refractivity contribution < 1.29 is 18.9 Å². The van der Waals surface area contributed by atoms with Gasteiger partial charge in [-0.1, -0.05) is 6.08 Å². The van der Waals surface area contributed by atoms with Crippen molar-refractivity contribution in [3.63, 3.8) is 0 Å². The van der Waals surface area contributed by atoms with Gasteiger partial charge in [0.15, 0.2) is 12.1 Å². The minimum Gasteiger partial charge on any atom is -0.353 e. The SMILES string of the molecule is C=CC1OC(C)(C)OC1C(CC#N)OC(C)OCC. The highest BCUT2D eigenvalue weighted by molar-refractivity contribution is 4.99. The third-order valence-corrected chi connectivity index (χ3v) is 2.82. The molecule has 4 atom stereocenters. The van der Waals surface area contributed by atoms with Crippen LogP contribution in [0, 0.1) is 11.3 Å². The van der Waals surface area contributed by atoms with Crippen molar-refractivity contribution >= 4 is 0 Å². The van der Waals surface area contributed by atoms with Gasteiger partial charge < -0.3 is 18.9 Å². The van der Waals surface area contributed by atoms with E-state index < -0.39 is 11.9 Å². The van der Waals surface area contributed by atoms with Crippen LogP contribution in [0.3, 0.4) is 0 Å². The van der Waals surface area contributed by atoms with E-state index in [9.17, 15) is 0 Å². The summed E-state index contributed by atoms with van der Waals surface area (Å²) in [4.78, 5) is 0. The molecule has 0 amide bonds. The summed E-state index contributed by atoms with van der Waals surface area (Å²) in [7, 11) is 0. The molecule has 1 heterocycles. The Morgan fingerprint density at radius 2 is 2.16 bits per heavy atom. The van der Waals surface area contributed by atoms with E-state index in [1.54, 1.807) is 13.0 Å². The third kappa shape index (κ3) is 4.59. The van der Waals surface area contributed by atoms with E-state index in [4.69, 9.17) is 24.2 Å². The summed E-state index contributed by atoms with van der Waals surface area (Å²) >= 11 is 0. The Labute approximate surface area is 115 Å². The first-order valence-electron chi connectivity index (χ1n) is 6.55. The Kier molecular flexibility index (Phi) is 5.95. The van der Waals surface area contributed by atoms with Crippen LogP contribution in [0.5, 0.6) is 0 Å². The number of rotatable bonds is 7. The zero-order valence-electron chi connectivity index (χ0n) is 12.1. The minimum atomic E-state index is -0.699. The molecule has 0 aromatic heterocycles. The molecule has 108 valence electrons. The largest absolute Gasteiger partial charge is 0.353 e. The Morgan fingerprint density at radius 3 is 2.68 bits per heavy atom. The summed E-state index contributed by atoms with van der Waals surface area (Å²) in [5.74, 6) is -0.699. The fourth-order valence-electron chi connectivity index (χ4n) is 2.14. The van der Waals surface area contributed by atoms with Crippen molar-refractivity contribution in [3.05, 3.63) is 12.7 Å². The van der Waals surface area contributed by atoms with E-state index >= 15 is 0 Å². The lowest BCUT2D eigenvalue weighted by Crippen LogP contribution is -2.39. The Balaban J connectivity index is 2.74. The Hall–Kier alpha value is -0.930. The smallest absolute Gasteiger partial charge is 0.164 e. The van der Waals surface area contributed by atoms with E-state index in [-0.39, 0.29) is 24.9 Å². The Morgan fingerprint density at radius 1 is 1.47 bits per heavy atom. The number of nitrogens with zero attached hydrogens (tertiary/aromatic N) is 1. The molecule has 1 saturated heterocycles. The van der Waals surface area contributed by atoms with Crippen LogP contribution < -0.4 is 0 Å². The van der Waals surface area contributed by atoms with Gasteiger partial charge in [-0.25, -0.2) is 0 Å². The average Bonchev–Trinajstić information content (AvgIpc) is 2.64. The quantitative estimate of drug-likeness (QED) is 0.524. The average molecular weight is 269 g/mol. The third-order valence-electron chi connectivity index (χ3n) is 2.82. The van der Waals surface area contributed by atoms with Crippen LogP contribution in [0.15, 0.2) is 12.7 Å². The molecule has 5 nitrogen and oxygen atoms in total. The molecule has 0 aliphatic carbocycles. The summed E-state index contributed by atoms with van der Waals surface area (Å²) in [6.45, 7) is 11.7. The van der Waals surface area contributed by atoms with E-state index in [1.807, 2.05) is 20.8 Å². The summed E-state index contributed by atoms with van der Waals surface area (Å²) in [5, 5.41) is 8.94. The van der Waals surface area contributed by atoms with Crippen molar-refractivity contribution in [2.45, 2.75) is 64.5 Å². The van der Waals surface area contributed by atoms with E-state index in [0.717, 1.165) is 0 Å². The van der Waals surface area contributed by atoms with E-state index in [1.165, 1.54) is 0 Å². The standard InChI is InChI=1S/C14H23NO4/c1-6-11-13(19-14(4,5)18-11)12(8-9-15)17-10(3)16-7-2/h6,10-13H,1,7-8H2,2-5H3. The predicted octanol–water partition coefficient (Wildman–Crippen LogP) is 2.37. The molecule has 19 heavy (non-hydrogen) atoms. The summed E-state index contributed by atoms with van der Waals surface area (Å²) < 4.78 is 22.6. The molecule has 0 aromatic carbocycles. The van der Waals surface area contributed by atoms with Gasteiger partial charge in [0.1, 0.15) is 18.3 Å². The minimum absolute atomic E-state index is 0.214. The monoisotopic (exact) mass is 269 g/mol. The molecule has 0 spiro atoms. The molecule has 4 unspecified atom stereocenters. The highest BCUT2D eigenvalue weighted by Crippen LogP contribution is 2.32. The maximum absolute atomic E-state index is 8.94. The highest BCUT2D eigenvalue weighted by atomic mass is 16.8. The van der Waals surface area contributed by atoms with Crippen molar-refractivity contribution in [2.24, 2.45) is 0 Å². The maximum Gasteiger partial charge on any atom is 0.164 e. The number of hydrogen-bond acceptors (Lipinski definition) is 5. The molecular formula is C14H23NO4. The molecule has 0 saturated carbocycles. The second-order valence-corrected chi connectivity index (χ2v) is 4.86. The van der Waals surface area contributed by atoms with Gasteiger partial charge in [0.25, 0.3) is 0 Å². The summed E-state index contributed by atoms with van der Waals surface area (Å²) in [5.41, 5.74) is 0. The van der Waals surface area contributed by atoms with Crippen LogP contribution in [0.4, 0.5) is 0 Å². The van der Waals surface area contributed by atoms with Gasteiger partial charge in [-0.2, -0.15) is 5.26 Å². The molecule has 0 N–H and O–H groups in total. The summed E-state index contributed by atoms with van der Waals surface area (Å²) in [6.07, 6.45) is 0.458. The lowest BCUT2D eigenvalue weighted by molar-refractivity contribution is -0.199. The molecule has 5 heteroatoms. The van der Waals surface area contributed by atoms with Gasteiger partial charge in [-0.05, 0) is 27.7 Å². The number of hydrogen-bond donors (Lipinski definition) is 0. The number of nitriles is 1. The molecule has 0 aromatic rings. The van der Waals surface area contributed by atoms with Crippen LogP contribution in [0.2, 0.25) is 0 Å². The molecule has 1 aliphatic rings. The number of ether oxygens (including phenoxy) is 4. The normalized spacial score (nSPS) is 28.6. The molecule has 0 bridgehead atoms. The van der Waals surface area contributed by atoms with Gasteiger partial charge in [-0.15, -0.1) is 6.58 Å². The van der Waals surface area contributed by atoms with Crippen LogP contribution >= 0.6 is 0 Å². The maximum atomic E-state index is 8.94. The first kappa shape index (κ1) is 16.1. The zero-order valence-corrected chi connectivity index (χ0v) is 12.1. The van der Waals surface area contributed by atoms with Gasteiger partial charge in [0, 0.05) is 6.61 Å². The second-order valence-electron chi connectivity index (χ2n) is 4.86.